The zero-order valence-corrected chi connectivity index (χ0v) is 9.74. The summed E-state index contributed by atoms with van der Waals surface area (Å²) in [4.78, 5) is 13.4. The lowest BCUT2D eigenvalue weighted by atomic mass is 9.97. The Morgan fingerprint density at radius 1 is 1.60 bits per heavy atom. The first-order valence-corrected chi connectivity index (χ1v) is 5.75. The Kier molecular flexibility index (Phi) is 5.36. The predicted molar refractivity (Wildman–Crippen MR) is 57.9 cm³/mol. The Hall–Kier alpha value is -0.320. The Morgan fingerprint density at radius 3 is 2.67 bits per heavy atom. The van der Waals surface area contributed by atoms with Gasteiger partial charge in [0.25, 0.3) is 0 Å². The maximum atomic E-state index is 11.2. The number of halogens is 1. The van der Waals surface area contributed by atoms with Crippen molar-refractivity contribution in [1.82, 2.24) is 4.90 Å². The van der Waals surface area contributed by atoms with Crippen LogP contribution < -0.4 is 0 Å². The topological polar surface area (TPSA) is 49.8 Å². The molecule has 1 aliphatic heterocycles. The van der Waals surface area contributed by atoms with E-state index in [0.29, 0.717) is 6.54 Å². The fourth-order valence-corrected chi connectivity index (χ4v) is 1.96. The van der Waals surface area contributed by atoms with Crippen molar-refractivity contribution in [3.63, 3.8) is 0 Å². The van der Waals surface area contributed by atoms with Crippen molar-refractivity contribution in [2.75, 3.05) is 32.6 Å². The van der Waals surface area contributed by atoms with E-state index in [9.17, 15) is 9.90 Å². The molecule has 0 aromatic carbocycles. The Labute approximate surface area is 95.2 Å². The molecule has 0 aliphatic carbocycles. The second-order valence-corrected chi connectivity index (χ2v) is 4.21. The predicted octanol–water partition coefficient (Wildman–Crippen LogP) is 0.471. The van der Waals surface area contributed by atoms with Crippen molar-refractivity contribution < 1.29 is 14.6 Å². The van der Waals surface area contributed by atoms with E-state index in [1.54, 1.807) is 0 Å². The zero-order valence-electron chi connectivity index (χ0n) is 8.99. The lowest BCUT2D eigenvalue weighted by Gasteiger charge is -2.31. The van der Waals surface area contributed by atoms with Gasteiger partial charge in [0.1, 0.15) is 0 Å². The molecule has 15 heavy (non-hydrogen) atoms. The maximum Gasteiger partial charge on any atom is 0.308 e. The molecular formula is C10H18ClNO3. The minimum Gasteiger partial charge on any atom is -0.469 e. The number of aliphatic hydroxyl groups excluding tert-OH is 1. The van der Waals surface area contributed by atoms with Crippen LogP contribution in [-0.2, 0) is 9.53 Å². The maximum absolute atomic E-state index is 11.2. The van der Waals surface area contributed by atoms with E-state index in [1.807, 2.05) is 0 Å². The number of hydrogen-bond donors (Lipinski definition) is 1. The first-order chi connectivity index (χ1) is 7.17. The number of piperidine rings is 1. The highest BCUT2D eigenvalue weighted by Gasteiger charge is 2.26. The number of carbonyl (C=O) groups excluding carboxylic acids is 1. The molecule has 1 unspecified atom stereocenters. The third-order valence-corrected chi connectivity index (χ3v) is 3.13. The van der Waals surface area contributed by atoms with Gasteiger partial charge in [-0.3, -0.25) is 4.79 Å². The minimum absolute atomic E-state index is 0.0272. The SMILES string of the molecule is COC(=O)C1CCN(CC(O)CCl)CC1. The molecule has 0 amide bonds. The van der Waals surface area contributed by atoms with Crippen molar-refractivity contribution in [2.45, 2.75) is 18.9 Å². The molecular weight excluding hydrogens is 218 g/mol. The van der Waals surface area contributed by atoms with Gasteiger partial charge in [-0.2, -0.15) is 0 Å². The Morgan fingerprint density at radius 2 is 2.20 bits per heavy atom. The van der Waals surface area contributed by atoms with E-state index in [4.69, 9.17) is 16.3 Å². The molecule has 5 heteroatoms. The van der Waals surface area contributed by atoms with Crippen LogP contribution in [0.5, 0.6) is 0 Å². The Bertz CT molecular complexity index is 205. The van der Waals surface area contributed by atoms with E-state index in [2.05, 4.69) is 4.90 Å². The van der Waals surface area contributed by atoms with Crippen LogP contribution in [0, 0.1) is 5.92 Å². The van der Waals surface area contributed by atoms with E-state index >= 15 is 0 Å². The second kappa shape index (κ2) is 6.30. The van der Waals surface area contributed by atoms with Crippen molar-refractivity contribution >= 4 is 17.6 Å². The lowest BCUT2D eigenvalue weighted by molar-refractivity contribution is -0.147. The number of likely N-dealkylation sites (tertiary alicyclic amines) is 1. The van der Waals surface area contributed by atoms with Gasteiger partial charge in [-0.05, 0) is 25.9 Å². The summed E-state index contributed by atoms with van der Waals surface area (Å²) < 4.78 is 4.70. The average Bonchev–Trinajstić information content (AvgIpc) is 2.29. The minimum atomic E-state index is -0.471. The molecule has 1 fully saturated rings. The molecule has 1 aliphatic rings. The van der Waals surface area contributed by atoms with E-state index in [1.165, 1.54) is 7.11 Å². The van der Waals surface area contributed by atoms with Crippen LogP contribution in [-0.4, -0.2) is 54.7 Å². The highest BCUT2D eigenvalue weighted by atomic mass is 35.5. The Balaban J connectivity index is 2.26. The average molecular weight is 236 g/mol. The summed E-state index contributed by atoms with van der Waals surface area (Å²) in [5.74, 6) is 0.170. The van der Waals surface area contributed by atoms with Gasteiger partial charge >= 0.3 is 5.97 Å². The molecule has 1 heterocycles. The number of rotatable bonds is 4. The van der Waals surface area contributed by atoms with Gasteiger partial charge in [0.05, 0.1) is 19.1 Å². The van der Waals surface area contributed by atoms with Gasteiger partial charge in [-0.25, -0.2) is 0 Å². The molecule has 0 spiro atoms. The summed E-state index contributed by atoms with van der Waals surface area (Å²) in [6.07, 6.45) is 1.14. The summed E-state index contributed by atoms with van der Waals surface area (Å²) in [5.41, 5.74) is 0. The second-order valence-electron chi connectivity index (χ2n) is 3.91. The van der Waals surface area contributed by atoms with E-state index < -0.39 is 6.10 Å². The monoisotopic (exact) mass is 235 g/mol. The first-order valence-electron chi connectivity index (χ1n) is 5.21. The molecule has 0 aromatic heterocycles. The third-order valence-electron chi connectivity index (χ3n) is 2.77. The third kappa shape index (κ3) is 3.97. The van der Waals surface area contributed by atoms with Gasteiger partial charge in [0, 0.05) is 12.4 Å². The van der Waals surface area contributed by atoms with Crippen LogP contribution in [0.1, 0.15) is 12.8 Å². The van der Waals surface area contributed by atoms with Crippen molar-refractivity contribution in [1.29, 1.82) is 0 Å². The van der Waals surface area contributed by atoms with E-state index in [-0.39, 0.29) is 17.8 Å². The molecule has 4 nitrogen and oxygen atoms in total. The first kappa shape index (κ1) is 12.7. The molecule has 1 atom stereocenters. The number of ether oxygens (including phenoxy) is 1. The number of alkyl halides is 1. The number of methoxy groups -OCH3 is 1. The summed E-state index contributed by atoms with van der Waals surface area (Å²) >= 11 is 5.52. The number of nitrogens with zero attached hydrogens (tertiary/aromatic N) is 1. The van der Waals surface area contributed by atoms with Crippen molar-refractivity contribution in [3.8, 4) is 0 Å². The molecule has 0 bridgehead atoms. The van der Waals surface area contributed by atoms with Crippen LogP contribution >= 0.6 is 11.6 Å². The number of carbonyl (C=O) groups is 1. The zero-order chi connectivity index (χ0) is 11.3. The molecule has 1 rings (SSSR count). The smallest absolute Gasteiger partial charge is 0.308 e. The summed E-state index contributed by atoms with van der Waals surface area (Å²) in [6, 6.07) is 0. The largest absolute Gasteiger partial charge is 0.469 e. The van der Waals surface area contributed by atoms with E-state index in [0.717, 1.165) is 25.9 Å². The van der Waals surface area contributed by atoms with Gasteiger partial charge in [0.15, 0.2) is 0 Å². The van der Waals surface area contributed by atoms with Crippen LogP contribution in [0.2, 0.25) is 0 Å². The molecule has 0 aromatic rings. The quantitative estimate of drug-likeness (QED) is 0.569. The fraction of sp³-hybridized carbons (Fsp3) is 0.900. The molecule has 1 N–H and O–H groups in total. The number of hydrogen-bond acceptors (Lipinski definition) is 4. The summed E-state index contributed by atoms with van der Waals surface area (Å²) in [5, 5.41) is 9.37. The summed E-state index contributed by atoms with van der Waals surface area (Å²) in [6.45, 7) is 2.25. The van der Waals surface area contributed by atoms with Crippen LogP contribution in [0.3, 0.4) is 0 Å². The molecule has 0 radical (unpaired) electrons. The van der Waals surface area contributed by atoms with Gasteiger partial charge in [-0.15, -0.1) is 11.6 Å². The normalized spacial score (nSPS) is 21.3. The summed E-state index contributed by atoms with van der Waals surface area (Å²) in [7, 11) is 1.42. The fourth-order valence-electron chi connectivity index (χ4n) is 1.86. The standard InChI is InChI=1S/C10H18ClNO3/c1-15-10(14)8-2-4-12(5-3-8)7-9(13)6-11/h8-9,13H,2-7H2,1H3. The molecule has 88 valence electrons. The van der Waals surface area contributed by atoms with Crippen molar-refractivity contribution in [2.24, 2.45) is 5.92 Å². The van der Waals surface area contributed by atoms with Gasteiger partial charge in [0.2, 0.25) is 0 Å². The van der Waals surface area contributed by atoms with Crippen LogP contribution in [0.25, 0.3) is 0 Å². The number of β-amino-alcohol motifs (C(OH)–C–C–N with tert-alkyl or cyclic N) is 1. The lowest BCUT2D eigenvalue weighted by Crippen LogP contribution is -2.41. The van der Waals surface area contributed by atoms with Crippen LogP contribution in [0.15, 0.2) is 0 Å². The molecule has 0 saturated carbocycles. The van der Waals surface area contributed by atoms with Crippen LogP contribution in [0.4, 0.5) is 0 Å². The van der Waals surface area contributed by atoms with Gasteiger partial charge < -0.3 is 14.7 Å². The highest BCUT2D eigenvalue weighted by Crippen LogP contribution is 2.18. The van der Waals surface area contributed by atoms with Crippen molar-refractivity contribution in [3.05, 3.63) is 0 Å². The number of esters is 1. The molecule has 1 saturated heterocycles. The number of aliphatic hydroxyl groups is 1. The highest BCUT2D eigenvalue weighted by molar-refractivity contribution is 6.18. The van der Waals surface area contributed by atoms with Gasteiger partial charge in [-0.1, -0.05) is 0 Å².